The zero-order valence-corrected chi connectivity index (χ0v) is 20.4. The first-order valence-electron chi connectivity index (χ1n) is 9.77. The van der Waals surface area contributed by atoms with Crippen LogP contribution in [0.4, 0.5) is 15.3 Å². The van der Waals surface area contributed by atoms with Gasteiger partial charge >= 0.3 is 12.2 Å². The van der Waals surface area contributed by atoms with Crippen LogP contribution in [0.3, 0.4) is 0 Å². The number of carbonyl (C=O) groups excluding carboxylic acids is 2. The lowest BCUT2D eigenvalue weighted by atomic mass is 10.1. The fraction of sp³-hybridized carbons (Fsp3) is 0.632. The van der Waals surface area contributed by atoms with Gasteiger partial charge in [-0.15, -0.1) is 0 Å². The van der Waals surface area contributed by atoms with Crippen LogP contribution in [-0.2, 0) is 30.2 Å². The van der Waals surface area contributed by atoms with Crippen molar-refractivity contribution >= 4 is 43.9 Å². The van der Waals surface area contributed by atoms with Gasteiger partial charge in [0, 0.05) is 43.0 Å². The van der Waals surface area contributed by atoms with Crippen molar-refractivity contribution in [2.75, 3.05) is 31.3 Å². The summed E-state index contributed by atoms with van der Waals surface area (Å²) in [6.07, 6.45) is 2.32. The number of halogens is 1. The highest BCUT2D eigenvalue weighted by molar-refractivity contribution is 9.10. The fourth-order valence-corrected chi connectivity index (χ4v) is 3.56. The summed E-state index contributed by atoms with van der Waals surface area (Å²) in [5, 5.41) is 2.65. The number of anilines is 1. The van der Waals surface area contributed by atoms with Gasteiger partial charge in [-0.05, 0) is 42.8 Å². The van der Waals surface area contributed by atoms with Gasteiger partial charge in [0.1, 0.15) is 11.7 Å². The van der Waals surface area contributed by atoms with Crippen molar-refractivity contribution < 1.29 is 31.7 Å². The summed E-state index contributed by atoms with van der Waals surface area (Å²) in [5.74, 6) is 0. The van der Waals surface area contributed by atoms with E-state index in [-0.39, 0.29) is 25.2 Å². The fourth-order valence-electron chi connectivity index (χ4n) is 2.84. The summed E-state index contributed by atoms with van der Waals surface area (Å²) in [6, 6.07) is 1.65. The molecule has 0 saturated carbocycles. The molecule has 0 spiro atoms. The minimum absolute atomic E-state index is 0.0969. The van der Waals surface area contributed by atoms with E-state index in [9.17, 15) is 18.0 Å². The van der Waals surface area contributed by atoms with E-state index in [1.807, 2.05) is 20.8 Å². The molecule has 1 N–H and O–H groups in total. The molecule has 174 valence electrons. The highest BCUT2D eigenvalue weighted by Crippen LogP contribution is 2.22. The highest BCUT2D eigenvalue weighted by atomic mass is 79.9. The number of ether oxygens (including phenoxy) is 2. The average molecular weight is 522 g/mol. The first-order valence-corrected chi connectivity index (χ1v) is 12.4. The Morgan fingerprint density at radius 2 is 1.94 bits per heavy atom. The van der Waals surface area contributed by atoms with Crippen LogP contribution in [0.1, 0.15) is 39.3 Å². The molecule has 0 aliphatic carbocycles. The Bertz CT molecular complexity index is 894. The molecule has 10 nitrogen and oxygen atoms in total. The van der Waals surface area contributed by atoms with Crippen LogP contribution < -0.4 is 5.32 Å². The number of amides is 2. The Morgan fingerprint density at radius 3 is 2.52 bits per heavy atom. The normalized spacial score (nSPS) is 15.5. The number of nitrogens with zero attached hydrogens (tertiary/aromatic N) is 2. The Labute approximate surface area is 190 Å². The number of rotatable bonds is 6. The number of piperidine rings is 1. The molecule has 12 heteroatoms. The highest BCUT2D eigenvalue weighted by Gasteiger charge is 2.28. The van der Waals surface area contributed by atoms with E-state index in [1.54, 1.807) is 17.2 Å². The van der Waals surface area contributed by atoms with Crippen LogP contribution in [0.15, 0.2) is 16.7 Å². The zero-order chi connectivity index (χ0) is 23.2. The van der Waals surface area contributed by atoms with Crippen molar-refractivity contribution in [3.63, 3.8) is 0 Å². The van der Waals surface area contributed by atoms with E-state index < -0.39 is 21.8 Å². The molecule has 0 radical (unpaired) electrons. The molecule has 0 unspecified atom stereocenters. The maximum Gasteiger partial charge on any atom is 0.411 e. The topological polar surface area (TPSA) is 124 Å². The smallest absolute Gasteiger partial charge is 0.411 e. The van der Waals surface area contributed by atoms with Crippen molar-refractivity contribution in [3.8, 4) is 0 Å². The molecule has 31 heavy (non-hydrogen) atoms. The van der Waals surface area contributed by atoms with Crippen LogP contribution in [0.2, 0.25) is 0 Å². The van der Waals surface area contributed by atoms with Crippen LogP contribution in [0, 0.1) is 0 Å². The second kappa shape index (κ2) is 10.6. The van der Waals surface area contributed by atoms with Crippen LogP contribution in [0.25, 0.3) is 0 Å². The van der Waals surface area contributed by atoms with Crippen LogP contribution in [-0.4, -0.2) is 68.1 Å². The summed E-state index contributed by atoms with van der Waals surface area (Å²) in [6.45, 7) is 6.19. The Kier molecular flexibility index (Phi) is 8.66. The third kappa shape index (κ3) is 9.40. The first kappa shape index (κ1) is 25.3. The second-order valence-electron chi connectivity index (χ2n) is 8.12. The number of pyridine rings is 1. The summed E-state index contributed by atoms with van der Waals surface area (Å²) >= 11 is 3.29. The van der Waals surface area contributed by atoms with Gasteiger partial charge in [0.25, 0.3) is 10.1 Å². The summed E-state index contributed by atoms with van der Waals surface area (Å²) < 4.78 is 38.5. The first-order chi connectivity index (χ1) is 14.3. The van der Waals surface area contributed by atoms with Gasteiger partial charge in [0.05, 0.1) is 24.2 Å². The molecule has 0 atom stereocenters. The van der Waals surface area contributed by atoms with Gasteiger partial charge in [-0.1, -0.05) is 0 Å². The number of hydrogen-bond donors (Lipinski definition) is 1. The van der Waals surface area contributed by atoms with Gasteiger partial charge in [0.15, 0.2) is 0 Å². The quantitative estimate of drug-likeness (QED) is 0.565. The number of aromatic nitrogens is 1. The van der Waals surface area contributed by atoms with E-state index in [2.05, 4.69) is 26.2 Å². The lowest BCUT2D eigenvalue weighted by Gasteiger charge is -2.33. The Balaban J connectivity index is 1.87. The van der Waals surface area contributed by atoms with Crippen LogP contribution >= 0.6 is 15.9 Å². The molecule has 1 saturated heterocycles. The standard InChI is InChI=1S/C19H28BrN3O7S/c1-19(2,3)30-18(25)23-8-5-14(6-9-23)29-17(24)22-16-11-13(20)12-21-15(16)7-10-28-31(4,26)27/h11-12,14H,5-10H2,1-4H3,(H,22,24). The van der Waals surface area contributed by atoms with E-state index in [0.29, 0.717) is 41.8 Å². The molecular weight excluding hydrogens is 494 g/mol. The van der Waals surface area contributed by atoms with Crippen molar-refractivity contribution in [2.24, 2.45) is 0 Å². The Hall–Kier alpha value is -1.92. The van der Waals surface area contributed by atoms with Gasteiger partial charge < -0.3 is 14.4 Å². The summed E-state index contributed by atoms with van der Waals surface area (Å²) in [7, 11) is -3.56. The largest absolute Gasteiger partial charge is 0.446 e. The van der Waals surface area contributed by atoms with E-state index in [0.717, 1.165) is 6.26 Å². The number of nitrogens with one attached hydrogen (secondary N) is 1. The predicted octanol–water partition coefficient (Wildman–Crippen LogP) is 3.31. The molecule has 2 amide bonds. The van der Waals surface area contributed by atoms with Crippen molar-refractivity contribution in [2.45, 2.75) is 51.7 Å². The van der Waals surface area contributed by atoms with Gasteiger partial charge in [-0.2, -0.15) is 8.42 Å². The van der Waals surface area contributed by atoms with E-state index >= 15 is 0 Å². The molecule has 1 aromatic rings. The third-order valence-electron chi connectivity index (χ3n) is 4.18. The number of likely N-dealkylation sites (tertiary alicyclic amines) is 1. The maximum atomic E-state index is 12.4. The molecule has 1 aliphatic heterocycles. The summed E-state index contributed by atoms with van der Waals surface area (Å²) in [4.78, 5) is 30.3. The lowest BCUT2D eigenvalue weighted by molar-refractivity contribution is 0.00793. The minimum Gasteiger partial charge on any atom is -0.446 e. The molecule has 1 aliphatic rings. The molecule has 1 fully saturated rings. The van der Waals surface area contributed by atoms with Crippen molar-refractivity contribution in [1.82, 2.24) is 9.88 Å². The molecular formula is C19H28BrN3O7S. The lowest BCUT2D eigenvalue weighted by Crippen LogP contribution is -2.44. The predicted molar refractivity (Wildman–Crippen MR) is 117 cm³/mol. The van der Waals surface area contributed by atoms with Gasteiger partial charge in [-0.3, -0.25) is 14.5 Å². The minimum atomic E-state index is -3.56. The number of carbonyl (C=O) groups is 2. The molecule has 2 heterocycles. The summed E-state index contributed by atoms with van der Waals surface area (Å²) in [5.41, 5.74) is 0.290. The molecule has 1 aromatic heterocycles. The molecule has 2 rings (SSSR count). The van der Waals surface area contributed by atoms with Gasteiger partial charge in [0.2, 0.25) is 0 Å². The number of hydrogen-bond acceptors (Lipinski definition) is 8. The SMILES string of the molecule is CC(C)(C)OC(=O)N1CCC(OC(=O)Nc2cc(Br)cnc2CCOS(C)(=O)=O)CC1. The van der Waals surface area contributed by atoms with Gasteiger partial charge in [-0.25, -0.2) is 9.59 Å². The zero-order valence-electron chi connectivity index (χ0n) is 18.0. The van der Waals surface area contributed by atoms with Crippen molar-refractivity contribution in [1.29, 1.82) is 0 Å². The van der Waals surface area contributed by atoms with Crippen LogP contribution in [0.5, 0.6) is 0 Å². The Morgan fingerprint density at radius 1 is 1.29 bits per heavy atom. The monoisotopic (exact) mass is 521 g/mol. The average Bonchev–Trinajstić information content (AvgIpc) is 2.61. The maximum absolute atomic E-state index is 12.4. The third-order valence-corrected chi connectivity index (χ3v) is 5.21. The second-order valence-corrected chi connectivity index (χ2v) is 10.7. The molecule has 0 bridgehead atoms. The molecule has 0 aromatic carbocycles. The van der Waals surface area contributed by atoms with E-state index in [1.165, 1.54) is 0 Å². The van der Waals surface area contributed by atoms with E-state index in [4.69, 9.17) is 13.7 Å². The van der Waals surface area contributed by atoms with Crippen molar-refractivity contribution in [3.05, 3.63) is 22.4 Å².